The van der Waals surface area contributed by atoms with Crippen molar-refractivity contribution in [1.82, 2.24) is 0 Å². The predicted molar refractivity (Wildman–Crippen MR) is 35.9 cm³/mol. The minimum absolute atomic E-state index is 0.634. The Kier molecular flexibility index (Phi) is 3.65. The van der Waals surface area contributed by atoms with Gasteiger partial charge in [-0.25, -0.2) is 0 Å². The lowest BCUT2D eigenvalue weighted by molar-refractivity contribution is -0.564. The number of amides is 1. The first kappa shape index (κ1) is 9.41. The highest BCUT2D eigenvalue weighted by Gasteiger charge is 2.09. The van der Waals surface area contributed by atoms with E-state index in [1.807, 2.05) is 0 Å². The fourth-order valence-electron chi connectivity index (χ4n) is 0.270. The van der Waals surface area contributed by atoms with Crippen molar-refractivity contribution in [2.24, 2.45) is 5.73 Å². The van der Waals surface area contributed by atoms with Crippen molar-refractivity contribution in [2.45, 2.75) is 13.2 Å². The number of nitrogens with zero attached hydrogens (tertiary/aromatic N) is 1. The van der Waals surface area contributed by atoms with Gasteiger partial charge in [0, 0.05) is 13.0 Å². The summed E-state index contributed by atoms with van der Waals surface area (Å²) in [5.41, 5.74) is 4.68. The number of carbonyl (C=O) groups excluding carboxylic acids is 1. The molecule has 6 heteroatoms. The number of hydrogen-bond donors (Lipinski definition) is 1. The molecule has 11 heavy (non-hydrogen) atoms. The Labute approximate surface area is 62.8 Å². The highest BCUT2D eigenvalue weighted by atomic mass is 16.7. The van der Waals surface area contributed by atoms with Crippen molar-refractivity contribution >= 4 is 5.91 Å². The molecule has 0 aromatic carbocycles. The van der Waals surface area contributed by atoms with E-state index >= 15 is 0 Å². The SMILES string of the molecule is CC(O/C=C/C(N)=O)[N+](=O)[O-]. The maximum Gasteiger partial charge on any atom is 0.350 e. The third-order valence-corrected chi connectivity index (χ3v) is 0.805. The van der Waals surface area contributed by atoms with Gasteiger partial charge >= 0.3 is 6.23 Å². The average Bonchev–Trinajstić information content (AvgIpc) is 1.86. The summed E-state index contributed by atoms with van der Waals surface area (Å²) in [6, 6.07) is 0. The lowest BCUT2D eigenvalue weighted by Crippen LogP contribution is -2.16. The van der Waals surface area contributed by atoms with E-state index in [0.717, 1.165) is 12.3 Å². The molecule has 1 unspecified atom stereocenters. The Morgan fingerprint density at radius 3 is 2.73 bits per heavy atom. The van der Waals surface area contributed by atoms with Gasteiger partial charge < -0.3 is 10.5 Å². The summed E-state index contributed by atoms with van der Waals surface area (Å²) in [5, 5.41) is 9.91. The molecule has 2 N–H and O–H groups in total. The monoisotopic (exact) mass is 160 g/mol. The third-order valence-electron chi connectivity index (χ3n) is 0.805. The van der Waals surface area contributed by atoms with Crippen LogP contribution in [0.5, 0.6) is 0 Å². The number of hydrogen-bond acceptors (Lipinski definition) is 4. The molecule has 6 nitrogen and oxygen atoms in total. The lowest BCUT2D eigenvalue weighted by atomic mass is 10.6. The Balaban J connectivity index is 3.70. The first-order valence-corrected chi connectivity index (χ1v) is 2.79. The minimum Gasteiger partial charge on any atom is -0.438 e. The number of nitro groups is 1. The van der Waals surface area contributed by atoms with Gasteiger partial charge in [-0.05, 0) is 0 Å². The molecule has 1 amide bonds. The molecule has 0 aromatic rings. The van der Waals surface area contributed by atoms with Crippen molar-refractivity contribution in [3.8, 4) is 0 Å². The zero-order valence-corrected chi connectivity index (χ0v) is 5.89. The second-order valence-electron chi connectivity index (χ2n) is 1.73. The highest BCUT2D eigenvalue weighted by Crippen LogP contribution is 1.90. The number of primary amides is 1. The lowest BCUT2D eigenvalue weighted by Gasteiger charge is -2.00. The van der Waals surface area contributed by atoms with E-state index in [2.05, 4.69) is 10.5 Å². The smallest absolute Gasteiger partial charge is 0.350 e. The number of nitrogens with two attached hydrogens (primary N) is 1. The quantitative estimate of drug-likeness (QED) is 0.199. The molecule has 0 saturated heterocycles. The van der Waals surface area contributed by atoms with Gasteiger partial charge in [-0.2, -0.15) is 0 Å². The zero-order chi connectivity index (χ0) is 8.85. The van der Waals surface area contributed by atoms with Crippen molar-refractivity contribution in [2.75, 3.05) is 0 Å². The van der Waals surface area contributed by atoms with Gasteiger partial charge in [-0.15, -0.1) is 0 Å². The predicted octanol–water partition coefficient (Wildman–Crippen LogP) is -0.375. The molecule has 0 spiro atoms. The van der Waals surface area contributed by atoms with Gasteiger partial charge in [0.25, 0.3) is 0 Å². The molecule has 0 aliphatic carbocycles. The third kappa shape index (κ3) is 4.89. The van der Waals surface area contributed by atoms with Crippen molar-refractivity contribution in [3.63, 3.8) is 0 Å². The van der Waals surface area contributed by atoms with Crippen LogP contribution in [0, 0.1) is 10.1 Å². The van der Waals surface area contributed by atoms with E-state index in [1.54, 1.807) is 0 Å². The molecule has 0 heterocycles. The molecule has 62 valence electrons. The van der Waals surface area contributed by atoms with Crippen LogP contribution in [-0.2, 0) is 9.53 Å². The Morgan fingerprint density at radius 1 is 1.82 bits per heavy atom. The standard InChI is InChI=1S/C5H8N2O4/c1-4(7(9)10)11-3-2-5(6)8/h2-4H,1H3,(H2,6,8)/b3-2+. The maximum absolute atomic E-state index is 10.0. The van der Waals surface area contributed by atoms with Crippen molar-refractivity contribution < 1.29 is 14.5 Å². The van der Waals surface area contributed by atoms with E-state index in [1.165, 1.54) is 6.92 Å². The average molecular weight is 160 g/mol. The second kappa shape index (κ2) is 4.26. The van der Waals surface area contributed by atoms with Gasteiger partial charge in [0.05, 0.1) is 11.2 Å². The van der Waals surface area contributed by atoms with Crippen LogP contribution >= 0.6 is 0 Å². The van der Waals surface area contributed by atoms with Crippen LogP contribution in [0.4, 0.5) is 0 Å². The fraction of sp³-hybridized carbons (Fsp3) is 0.400. The molecule has 0 radical (unpaired) electrons. The van der Waals surface area contributed by atoms with E-state index in [0.29, 0.717) is 0 Å². The molecule has 0 aliphatic rings. The maximum atomic E-state index is 10.0. The van der Waals surface area contributed by atoms with Crippen LogP contribution < -0.4 is 5.73 Å². The van der Waals surface area contributed by atoms with Crippen LogP contribution in [0.25, 0.3) is 0 Å². The summed E-state index contributed by atoms with van der Waals surface area (Å²) in [4.78, 5) is 19.3. The first-order chi connectivity index (χ1) is 5.04. The van der Waals surface area contributed by atoms with Gasteiger partial charge in [-0.3, -0.25) is 14.9 Å². The molecule has 0 aliphatic heterocycles. The fourth-order valence-corrected chi connectivity index (χ4v) is 0.270. The van der Waals surface area contributed by atoms with E-state index in [4.69, 9.17) is 0 Å². The number of carbonyl (C=O) groups is 1. The molecular formula is C5H8N2O4. The number of rotatable bonds is 4. The van der Waals surface area contributed by atoms with Crippen LogP contribution in [0.2, 0.25) is 0 Å². The topological polar surface area (TPSA) is 95.5 Å². The van der Waals surface area contributed by atoms with E-state index in [-0.39, 0.29) is 0 Å². The molecule has 0 saturated carbocycles. The summed E-state index contributed by atoms with van der Waals surface area (Å²) in [7, 11) is 0. The first-order valence-electron chi connectivity index (χ1n) is 2.79. The van der Waals surface area contributed by atoms with Crippen molar-refractivity contribution in [1.29, 1.82) is 0 Å². The Morgan fingerprint density at radius 2 is 2.36 bits per heavy atom. The van der Waals surface area contributed by atoms with E-state index in [9.17, 15) is 14.9 Å². The minimum atomic E-state index is -1.16. The van der Waals surface area contributed by atoms with Crippen LogP contribution in [-0.4, -0.2) is 17.1 Å². The van der Waals surface area contributed by atoms with Crippen LogP contribution in [0.15, 0.2) is 12.3 Å². The summed E-state index contributed by atoms with van der Waals surface area (Å²) in [6.07, 6.45) is 0.640. The summed E-state index contributed by atoms with van der Waals surface area (Å²) < 4.78 is 4.43. The number of ether oxygens (including phenoxy) is 1. The van der Waals surface area contributed by atoms with Gasteiger partial charge in [0.15, 0.2) is 0 Å². The highest BCUT2D eigenvalue weighted by molar-refractivity contribution is 5.85. The zero-order valence-electron chi connectivity index (χ0n) is 5.89. The molecule has 0 aromatic heterocycles. The Bertz CT molecular complexity index is 189. The Hall–Kier alpha value is -1.59. The van der Waals surface area contributed by atoms with Crippen molar-refractivity contribution in [3.05, 3.63) is 22.5 Å². The van der Waals surface area contributed by atoms with Crippen LogP contribution in [0.3, 0.4) is 0 Å². The largest absolute Gasteiger partial charge is 0.438 e. The molecular weight excluding hydrogens is 152 g/mol. The van der Waals surface area contributed by atoms with Crippen LogP contribution in [0.1, 0.15) is 6.92 Å². The summed E-state index contributed by atoms with van der Waals surface area (Å²) in [5.74, 6) is -0.708. The summed E-state index contributed by atoms with van der Waals surface area (Å²) in [6.45, 7) is 1.24. The normalized spacial score (nSPS) is 12.8. The molecule has 0 rings (SSSR count). The summed E-state index contributed by atoms with van der Waals surface area (Å²) >= 11 is 0. The van der Waals surface area contributed by atoms with E-state index < -0.39 is 17.1 Å². The molecule has 0 bridgehead atoms. The van der Waals surface area contributed by atoms with Gasteiger partial charge in [0.2, 0.25) is 5.91 Å². The molecule has 1 atom stereocenters. The van der Waals surface area contributed by atoms with Gasteiger partial charge in [-0.1, -0.05) is 0 Å². The second-order valence-corrected chi connectivity index (χ2v) is 1.73. The molecule has 0 fully saturated rings. The van der Waals surface area contributed by atoms with Gasteiger partial charge in [0.1, 0.15) is 0 Å².